The van der Waals surface area contributed by atoms with E-state index in [0.29, 0.717) is 30.6 Å². The van der Waals surface area contributed by atoms with Crippen molar-refractivity contribution in [3.63, 3.8) is 0 Å². The summed E-state index contributed by atoms with van der Waals surface area (Å²) in [6, 6.07) is 5.13. The van der Waals surface area contributed by atoms with Crippen LogP contribution in [-0.4, -0.2) is 11.8 Å². The Balaban J connectivity index is 2.42. The average Bonchev–Trinajstić information content (AvgIpc) is 2.20. The quantitative estimate of drug-likeness (QED) is 0.634. The summed E-state index contributed by atoms with van der Waals surface area (Å²) < 4.78 is 0.825. The van der Waals surface area contributed by atoms with Crippen LogP contribution < -0.4 is 10.6 Å². The monoisotopic (exact) mass is 282 g/mol. The molecular weight excluding hydrogens is 272 g/mol. The van der Waals surface area contributed by atoms with E-state index < -0.39 is 0 Å². The summed E-state index contributed by atoms with van der Waals surface area (Å²) in [4.78, 5) is 24.5. The lowest BCUT2D eigenvalue weighted by Crippen LogP contribution is -2.40. The van der Waals surface area contributed by atoms with Crippen LogP contribution in [0.3, 0.4) is 0 Å². The Kier molecular flexibility index (Phi) is 2.96. The van der Waals surface area contributed by atoms with Gasteiger partial charge in [0.1, 0.15) is 0 Å². The van der Waals surface area contributed by atoms with E-state index in [1.165, 1.54) is 4.90 Å². The molecule has 4 nitrogen and oxygen atoms in total. The van der Waals surface area contributed by atoms with Gasteiger partial charge in [-0.25, -0.2) is 4.90 Å². The summed E-state index contributed by atoms with van der Waals surface area (Å²) in [7, 11) is 0. The minimum Gasteiger partial charge on any atom is -0.397 e. The number of carbonyl (C=O) groups excluding carboxylic acids is 2. The predicted molar refractivity (Wildman–Crippen MR) is 64.9 cm³/mol. The molecule has 1 saturated heterocycles. The molecule has 0 unspecified atom stereocenters. The fourth-order valence-corrected chi connectivity index (χ4v) is 2.13. The second-order valence-corrected chi connectivity index (χ2v) is 4.60. The van der Waals surface area contributed by atoms with Gasteiger partial charge in [-0.05, 0) is 24.6 Å². The van der Waals surface area contributed by atoms with E-state index >= 15 is 0 Å². The molecule has 2 rings (SSSR count). The van der Waals surface area contributed by atoms with E-state index in [2.05, 4.69) is 15.9 Å². The minimum absolute atomic E-state index is 0.176. The van der Waals surface area contributed by atoms with E-state index in [1.807, 2.05) is 0 Å². The smallest absolute Gasteiger partial charge is 0.233 e. The van der Waals surface area contributed by atoms with Crippen LogP contribution >= 0.6 is 15.9 Å². The Morgan fingerprint density at radius 3 is 2.38 bits per heavy atom. The molecule has 16 heavy (non-hydrogen) atoms. The predicted octanol–water partition coefficient (Wildman–Crippen LogP) is 2.07. The second kappa shape index (κ2) is 4.25. The van der Waals surface area contributed by atoms with Crippen LogP contribution in [0.5, 0.6) is 0 Å². The zero-order valence-corrected chi connectivity index (χ0v) is 10.2. The van der Waals surface area contributed by atoms with Crippen LogP contribution in [0.1, 0.15) is 19.3 Å². The number of nitrogens with two attached hydrogens (primary N) is 1. The number of hydrogen-bond donors (Lipinski definition) is 1. The van der Waals surface area contributed by atoms with Crippen LogP contribution in [0.25, 0.3) is 0 Å². The van der Waals surface area contributed by atoms with Crippen molar-refractivity contribution in [3.05, 3.63) is 22.7 Å². The highest BCUT2D eigenvalue weighted by Gasteiger charge is 2.28. The molecule has 2 amide bonds. The number of anilines is 2. The molecule has 1 fully saturated rings. The van der Waals surface area contributed by atoms with Crippen molar-refractivity contribution in [2.24, 2.45) is 0 Å². The summed E-state index contributed by atoms with van der Waals surface area (Å²) in [5.74, 6) is -0.351. The number of halogens is 1. The molecule has 0 saturated carbocycles. The van der Waals surface area contributed by atoms with E-state index in [9.17, 15) is 9.59 Å². The number of carbonyl (C=O) groups is 2. The van der Waals surface area contributed by atoms with Crippen LogP contribution in [-0.2, 0) is 9.59 Å². The van der Waals surface area contributed by atoms with Gasteiger partial charge >= 0.3 is 0 Å². The standard InChI is InChI=1S/C11H11BrN2O2/c12-7-4-5-9(8(13)6-7)14-10(15)2-1-3-11(14)16/h4-6H,1-3,13H2. The van der Waals surface area contributed by atoms with E-state index in [0.717, 1.165) is 4.47 Å². The number of hydrogen-bond acceptors (Lipinski definition) is 3. The maximum absolute atomic E-state index is 11.7. The van der Waals surface area contributed by atoms with Gasteiger partial charge in [0, 0.05) is 17.3 Å². The van der Waals surface area contributed by atoms with Gasteiger partial charge in [-0.15, -0.1) is 0 Å². The van der Waals surface area contributed by atoms with Gasteiger partial charge in [0.2, 0.25) is 11.8 Å². The van der Waals surface area contributed by atoms with Crippen molar-refractivity contribution in [2.75, 3.05) is 10.6 Å². The number of nitrogen functional groups attached to an aromatic ring is 1. The molecule has 0 radical (unpaired) electrons. The summed E-state index contributed by atoms with van der Waals surface area (Å²) in [6.45, 7) is 0. The lowest BCUT2D eigenvalue weighted by atomic mass is 10.1. The van der Waals surface area contributed by atoms with Gasteiger partial charge in [0.05, 0.1) is 11.4 Å². The number of nitrogens with zero attached hydrogens (tertiary/aromatic N) is 1. The second-order valence-electron chi connectivity index (χ2n) is 3.68. The van der Waals surface area contributed by atoms with Crippen molar-refractivity contribution in [1.82, 2.24) is 0 Å². The van der Waals surface area contributed by atoms with E-state index in [1.54, 1.807) is 18.2 Å². The largest absolute Gasteiger partial charge is 0.397 e. The first kappa shape index (κ1) is 11.1. The highest BCUT2D eigenvalue weighted by molar-refractivity contribution is 9.10. The third kappa shape index (κ3) is 1.95. The van der Waals surface area contributed by atoms with Crippen LogP contribution in [0, 0.1) is 0 Å². The number of rotatable bonds is 1. The molecular formula is C11H11BrN2O2. The van der Waals surface area contributed by atoms with Crippen molar-refractivity contribution in [1.29, 1.82) is 0 Å². The summed E-state index contributed by atoms with van der Waals surface area (Å²) >= 11 is 3.28. The SMILES string of the molecule is Nc1cc(Br)ccc1N1C(=O)CCCC1=O. The summed E-state index contributed by atoms with van der Waals surface area (Å²) in [5, 5.41) is 0. The summed E-state index contributed by atoms with van der Waals surface area (Å²) in [5.41, 5.74) is 6.71. The Morgan fingerprint density at radius 2 is 1.81 bits per heavy atom. The Bertz CT molecular complexity index is 443. The van der Waals surface area contributed by atoms with Gasteiger partial charge in [-0.2, -0.15) is 0 Å². The van der Waals surface area contributed by atoms with Crippen molar-refractivity contribution < 1.29 is 9.59 Å². The van der Waals surface area contributed by atoms with Gasteiger partial charge in [-0.3, -0.25) is 9.59 Å². The van der Waals surface area contributed by atoms with Gasteiger partial charge in [0.15, 0.2) is 0 Å². The van der Waals surface area contributed by atoms with Crippen molar-refractivity contribution in [3.8, 4) is 0 Å². The lowest BCUT2D eigenvalue weighted by molar-refractivity contribution is -0.129. The Hall–Kier alpha value is -1.36. The maximum Gasteiger partial charge on any atom is 0.233 e. The Morgan fingerprint density at radius 1 is 1.19 bits per heavy atom. The molecule has 5 heteroatoms. The highest BCUT2D eigenvalue weighted by atomic mass is 79.9. The molecule has 1 aliphatic heterocycles. The van der Waals surface area contributed by atoms with Gasteiger partial charge in [0.25, 0.3) is 0 Å². The van der Waals surface area contributed by atoms with Crippen LogP contribution in [0.2, 0.25) is 0 Å². The highest BCUT2D eigenvalue weighted by Crippen LogP contribution is 2.29. The molecule has 1 aromatic carbocycles. The van der Waals surface area contributed by atoms with Crippen molar-refractivity contribution >= 4 is 39.1 Å². The number of piperidine rings is 1. The molecule has 1 heterocycles. The molecule has 0 aliphatic carbocycles. The fraction of sp³-hybridized carbons (Fsp3) is 0.273. The van der Waals surface area contributed by atoms with E-state index in [4.69, 9.17) is 5.73 Å². The normalized spacial score (nSPS) is 16.7. The number of imide groups is 1. The van der Waals surface area contributed by atoms with Crippen LogP contribution in [0.15, 0.2) is 22.7 Å². The zero-order valence-electron chi connectivity index (χ0n) is 8.57. The third-order valence-corrected chi connectivity index (χ3v) is 3.00. The first-order valence-corrected chi connectivity index (χ1v) is 5.79. The topological polar surface area (TPSA) is 63.4 Å². The van der Waals surface area contributed by atoms with Gasteiger partial charge < -0.3 is 5.73 Å². The molecule has 0 spiro atoms. The molecule has 84 valence electrons. The Labute approximate surface area is 102 Å². The molecule has 1 aromatic rings. The zero-order chi connectivity index (χ0) is 11.7. The first-order valence-electron chi connectivity index (χ1n) is 5.00. The fourth-order valence-electron chi connectivity index (χ4n) is 1.75. The summed E-state index contributed by atoms with van der Waals surface area (Å²) in [6.07, 6.45) is 1.44. The molecule has 0 bridgehead atoms. The molecule has 2 N–H and O–H groups in total. The third-order valence-electron chi connectivity index (χ3n) is 2.51. The molecule has 0 aromatic heterocycles. The number of amides is 2. The van der Waals surface area contributed by atoms with Crippen molar-refractivity contribution in [2.45, 2.75) is 19.3 Å². The van der Waals surface area contributed by atoms with E-state index in [-0.39, 0.29) is 11.8 Å². The van der Waals surface area contributed by atoms with Crippen LogP contribution in [0.4, 0.5) is 11.4 Å². The minimum atomic E-state index is -0.176. The average molecular weight is 283 g/mol. The van der Waals surface area contributed by atoms with Gasteiger partial charge in [-0.1, -0.05) is 15.9 Å². The molecule has 1 aliphatic rings. The maximum atomic E-state index is 11.7. The first-order chi connectivity index (χ1) is 7.59. The number of benzene rings is 1. The lowest BCUT2D eigenvalue weighted by Gasteiger charge is -2.25. The molecule has 0 atom stereocenters.